The van der Waals surface area contributed by atoms with E-state index < -0.39 is 12.8 Å². The molecule has 3 heteroatoms. The fraction of sp³-hybridized carbons (Fsp3) is 0.125. The fourth-order valence-electron chi connectivity index (χ4n) is 1.83. The van der Waals surface area contributed by atoms with Gasteiger partial charge in [0.2, 0.25) is 11.7 Å². The van der Waals surface area contributed by atoms with Gasteiger partial charge in [-0.3, -0.25) is 0 Å². The van der Waals surface area contributed by atoms with Crippen LogP contribution >= 0.6 is 0 Å². The van der Waals surface area contributed by atoms with Crippen LogP contribution in [0.4, 0.5) is 0 Å². The second-order valence-electron chi connectivity index (χ2n) is 3.94. The number of aryl methyl sites for hydroxylation is 1. The summed E-state index contributed by atoms with van der Waals surface area (Å²) in [7, 11) is 0. The molecule has 2 aromatic carbocycles. The molecule has 0 radical (unpaired) electrons. The second-order valence-corrected chi connectivity index (χ2v) is 3.94. The maximum atomic E-state index is 7.82. The molecule has 1 aromatic heterocycles. The Hall–Kier alpha value is -2.60. The molecular weight excluding hydrogens is 236 g/mol. The van der Waals surface area contributed by atoms with Gasteiger partial charge >= 0.3 is 0 Å². The van der Waals surface area contributed by atoms with E-state index in [2.05, 4.69) is 10.1 Å². The van der Waals surface area contributed by atoms with Crippen molar-refractivity contribution in [1.29, 1.82) is 0 Å². The lowest BCUT2D eigenvalue weighted by Gasteiger charge is -1.99. The molecule has 0 spiro atoms. The minimum absolute atomic E-state index is 0.272. The van der Waals surface area contributed by atoms with E-state index in [4.69, 9.17) is 15.1 Å². The van der Waals surface area contributed by atoms with Crippen molar-refractivity contribution in [2.75, 3.05) is 0 Å². The molecule has 0 bridgehead atoms. The highest BCUT2D eigenvalue weighted by atomic mass is 16.5. The van der Waals surface area contributed by atoms with Gasteiger partial charge in [0, 0.05) is 22.4 Å². The van der Waals surface area contributed by atoms with Crippen molar-refractivity contribution in [3.8, 4) is 23.7 Å². The van der Waals surface area contributed by atoms with Crippen molar-refractivity contribution >= 4 is 10.8 Å². The zero-order chi connectivity index (χ0) is 15.7. The van der Waals surface area contributed by atoms with Crippen molar-refractivity contribution in [2.45, 2.75) is 12.8 Å². The summed E-state index contributed by atoms with van der Waals surface area (Å²) in [5.41, 5.74) is 0.715. The van der Waals surface area contributed by atoms with Gasteiger partial charge in [-0.25, -0.2) is 0 Å². The summed E-state index contributed by atoms with van der Waals surface area (Å²) in [4.78, 5) is 4.06. The number of fused-ring (bicyclic) bond motifs is 1. The van der Waals surface area contributed by atoms with Crippen LogP contribution in [-0.4, -0.2) is 10.1 Å². The second kappa shape index (κ2) is 4.95. The third-order valence-electron chi connectivity index (χ3n) is 2.71. The lowest BCUT2D eigenvalue weighted by Crippen LogP contribution is -1.84. The van der Waals surface area contributed by atoms with Crippen LogP contribution in [0.15, 0.2) is 47.0 Å². The Bertz CT molecular complexity index is 867. The molecule has 1 unspecified atom stereocenters. The van der Waals surface area contributed by atoms with Crippen molar-refractivity contribution in [3.63, 3.8) is 0 Å². The number of rotatable bonds is 3. The van der Waals surface area contributed by atoms with Crippen LogP contribution in [0.3, 0.4) is 0 Å². The highest BCUT2D eigenvalue weighted by Gasteiger charge is 2.08. The maximum Gasteiger partial charge on any atom is 0.227 e. The van der Waals surface area contributed by atoms with E-state index >= 15 is 0 Å². The Kier molecular flexibility index (Phi) is 2.21. The van der Waals surface area contributed by atoms with Crippen molar-refractivity contribution in [3.05, 3.63) is 48.4 Å². The maximum absolute atomic E-state index is 7.82. The van der Waals surface area contributed by atoms with Crippen molar-refractivity contribution in [1.82, 2.24) is 10.1 Å². The summed E-state index contributed by atoms with van der Waals surface area (Å²) >= 11 is 0. The van der Waals surface area contributed by atoms with E-state index in [1.807, 2.05) is 48.4 Å². The number of benzene rings is 2. The zero-order valence-corrected chi connectivity index (χ0v) is 10.00. The van der Waals surface area contributed by atoms with Gasteiger partial charge in [0.05, 0.1) is 0 Å². The largest absolute Gasteiger partial charge is 0.339 e. The molecular formula is C16H12N2O. The van der Waals surface area contributed by atoms with E-state index in [1.165, 1.54) is 0 Å². The molecule has 0 saturated heterocycles. The molecule has 3 aromatic rings. The first-order valence-electron chi connectivity index (χ1n) is 7.32. The third kappa shape index (κ3) is 2.34. The molecule has 1 atom stereocenters. The molecule has 0 saturated carbocycles. The van der Waals surface area contributed by atoms with Crippen LogP contribution in [0.25, 0.3) is 22.2 Å². The van der Waals surface area contributed by atoms with E-state index in [0.717, 1.165) is 10.8 Å². The van der Waals surface area contributed by atoms with Gasteiger partial charge in [-0.05, 0) is 16.8 Å². The fourth-order valence-corrected chi connectivity index (χ4v) is 1.83. The summed E-state index contributed by atoms with van der Waals surface area (Å²) in [6.07, 6.45) is 1.52. The van der Waals surface area contributed by atoms with Crippen LogP contribution < -0.4 is 0 Å². The molecule has 0 aliphatic rings. The number of hydrogen-bond donors (Lipinski definition) is 0. The van der Waals surface area contributed by atoms with Crippen LogP contribution in [0.2, 0.25) is 0 Å². The summed E-state index contributed by atoms with van der Waals surface area (Å²) in [6, 6.07) is 13.5. The zero-order valence-electron chi connectivity index (χ0n) is 13.0. The third-order valence-corrected chi connectivity index (χ3v) is 2.71. The van der Waals surface area contributed by atoms with Crippen LogP contribution in [0, 0.1) is 12.3 Å². The lowest BCUT2D eigenvalue weighted by molar-refractivity contribution is 0.380. The average molecular weight is 254 g/mol. The quantitative estimate of drug-likeness (QED) is 0.672. The minimum atomic E-state index is -2.18. The molecule has 19 heavy (non-hydrogen) atoms. The standard InChI is InChI=1S/C16H12N2O/c1-2-3-8-15-17-16(18-19-15)14-10-9-12-6-4-5-7-13(12)11-14/h1,4-7,9-11H,3,8H2/i3T,8T2. The monoisotopic (exact) mass is 254 g/mol. The normalized spacial score (nSPS) is 15.2. The smallest absolute Gasteiger partial charge is 0.227 e. The molecule has 0 N–H and O–H groups in total. The Labute approximate surface area is 115 Å². The van der Waals surface area contributed by atoms with E-state index in [0.29, 0.717) is 5.56 Å². The van der Waals surface area contributed by atoms with E-state index in [9.17, 15) is 0 Å². The molecule has 92 valence electrons. The van der Waals surface area contributed by atoms with Crippen LogP contribution in [0.5, 0.6) is 0 Å². The number of nitrogens with zero attached hydrogens (tertiary/aromatic N) is 2. The lowest BCUT2D eigenvalue weighted by atomic mass is 10.1. The molecule has 0 aliphatic heterocycles. The molecule has 0 amide bonds. The topological polar surface area (TPSA) is 38.9 Å². The van der Waals surface area contributed by atoms with Crippen LogP contribution in [0.1, 0.15) is 16.4 Å². The first-order valence-corrected chi connectivity index (χ1v) is 5.74. The Morgan fingerprint density at radius 3 is 2.89 bits per heavy atom. The van der Waals surface area contributed by atoms with Crippen LogP contribution in [-0.2, 0) is 6.37 Å². The summed E-state index contributed by atoms with van der Waals surface area (Å²) < 4.78 is 28.2. The van der Waals surface area contributed by atoms with Gasteiger partial charge in [-0.2, -0.15) is 4.98 Å². The molecule has 3 rings (SSSR count). The van der Waals surface area contributed by atoms with Gasteiger partial charge in [-0.15, -0.1) is 12.3 Å². The number of terminal acetylenes is 1. The number of aromatic nitrogens is 2. The molecule has 0 aliphatic carbocycles. The average Bonchev–Trinajstić information content (AvgIpc) is 3.04. The van der Waals surface area contributed by atoms with Gasteiger partial charge in [0.1, 0.15) is 0 Å². The van der Waals surface area contributed by atoms with E-state index in [1.54, 1.807) is 0 Å². The highest BCUT2D eigenvalue weighted by molar-refractivity contribution is 5.86. The first kappa shape index (κ1) is 8.49. The summed E-state index contributed by atoms with van der Waals surface area (Å²) in [5.74, 6) is 2.03. The predicted octanol–water partition coefficient (Wildman–Crippen LogP) is 3.46. The van der Waals surface area contributed by atoms with Gasteiger partial charge in [0.15, 0.2) is 0 Å². The van der Waals surface area contributed by atoms with Gasteiger partial charge in [-0.1, -0.05) is 41.6 Å². The summed E-state index contributed by atoms with van der Waals surface area (Å²) in [5, 5.41) is 5.91. The van der Waals surface area contributed by atoms with Crippen molar-refractivity contribution < 1.29 is 8.64 Å². The van der Waals surface area contributed by atoms with Gasteiger partial charge in [0.25, 0.3) is 0 Å². The Morgan fingerprint density at radius 1 is 1.21 bits per heavy atom. The summed E-state index contributed by atoms with van der Waals surface area (Å²) in [6.45, 7) is 0. The molecule has 0 fully saturated rings. The van der Waals surface area contributed by atoms with Crippen molar-refractivity contribution in [2.24, 2.45) is 0 Å². The predicted molar refractivity (Wildman–Crippen MR) is 74.4 cm³/mol. The minimum Gasteiger partial charge on any atom is -0.339 e. The SMILES string of the molecule is [3H]C(C#C)C([3H])([3H])c1nc(-c2ccc3ccccc3c2)no1. The Morgan fingerprint density at radius 2 is 2.05 bits per heavy atom. The van der Waals surface area contributed by atoms with Gasteiger partial charge < -0.3 is 4.52 Å². The first-order chi connectivity index (χ1) is 10.5. The Balaban J connectivity index is 2.01. The van der Waals surface area contributed by atoms with E-state index in [-0.39, 0.29) is 11.7 Å². The highest BCUT2D eigenvalue weighted by Crippen LogP contribution is 2.22. The molecule has 1 heterocycles. The number of hydrogen-bond acceptors (Lipinski definition) is 3. The molecule has 3 nitrogen and oxygen atoms in total.